The lowest BCUT2D eigenvalue weighted by molar-refractivity contribution is 0.0950. The number of benzene rings is 1. The van der Waals surface area contributed by atoms with Crippen molar-refractivity contribution in [2.75, 3.05) is 20.8 Å². The third-order valence-corrected chi connectivity index (χ3v) is 3.97. The van der Waals surface area contributed by atoms with Crippen molar-refractivity contribution in [2.45, 2.75) is 6.42 Å². The van der Waals surface area contributed by atoms with E-state index < -0.39 is 0 Å². The van der Waals surface area contributed by atoms with E-state index in [1.54, 1.807) is 19.6 Å². The number of methoxy groups -OCH3 is 2. The van der Waals surface area contributed by atoms with Crippen LogP contribution in [-0.2, 0) is 6.42 Å². The van der Waals surface area contributed by atoms with Crippen LogP contribution in [0.1, 0.15) is 16.1 Å². The Kier molecular flexibility index (Phi) is 5.35. The van der Waals surface area contributed by atoms with Gasteiger partial charge in [-0.3, -0.25) is 4.79 Å². The summed E-state index contributed by atoms with van der Waals surface area (Å²) in [4.78, 5) is 14.7. The molecule has 0 unspecified atom stereocenters. The summed E-state index contributed by atoms with van der Waals surface area (Å²) in [7, 11) is 3.20. The van der Waals surface area contributed by atoms with Gasteiger partial charge in [0, 0.05) is 11.9 Å². The Bertz CT molecular complexity index is 679. The fourth-order valence-electron chi connectivity index (χ4n) is 1.84. The van der Waals surface area contributed by atoms with Gasteiger partial charge in [-0.05, 0) is 36.3 Å². The molecule has 1 amide bonds. The summed E-state index contributed by atoms with van der Waals surface area (Å²) in [5, 5.41) is 4.56. The van der Waals surface area contributed by atoms with E-state index >= 15 is 0 Å². The highest BCUT2D eigenvalue weighted by Gasteiger charge is 2.08. The van der Waals surface area contributed by atoms with Gasteiger partial charge >= 0.3 is 0 Å². The number of thiazole rings is 1. The van der Waals surface area contributed by atoms with Crippen molar-refractivity contribution >= 4 is 29.5 Å². The number of hydrogen-bond donors (Lipinski definition) is 2. The van der Waals surface area contributed by atoms with Crippen molar-refractivity contribution in [3.05, 3.63) is 38.8 Å². The first kappa shape index (κ1) is 15.5. The van der Waals surface area contributed by atoms with E-state index in [4.69, 9.17) is 21.7 Å². The summed E-state index contributed by atoms with van der Waals surface area (Å²) < 4.78 is 11.0. The van der Waals surface area contributed by atoms with Crippen LogP contribution in [0.25, 0.3) is 0 Å². The number of rotatable bonds is 6. The topological polar surface area (TPSA) is 63.3 Å². The molecule has 0 spiro atoms. The fourth-order valence-corrected chi connectivity index (χ4v) is 2.66. The number of aromatic nitrogens is 1. The molecule has 7 heteroatoms. The molecule has 2 aromatic rings. The maximum atomic E-state index is 11.8. The van der Waals surface area contributed by atoms with Crippen LogP contribution in [0, 0.1) is 3.95 Å². The number of nitrogens with one attached hydrogen (secondary N) is 2. The zero-order valence-corrected chi connectivity index (χ0v) is 13.4. The lowest BCUT2D eigenvalue weighted by atomic mass is 10.1. The minimum atomic E-state index is -0.150. The molecule has 0 radical (unpaired) electrons. The minimum absolute atomic E-state index is 0.150. The molecule has 1 aromatic heterocycles. The first-order valence-corrected chi connectivity index (χ1v) is 7.59. The molecule has 21 heavy (non-hydrogen) atoms. The zero-order chi connectivity index (χ0) is 15.2. The highest BCUT2D eigenvalue weighted by molar-refractivity contribution is 7.73. The van der Waals surface area contributed by atoms with Crippen LogP contribution in [0.3, 0.4) is 0 Å². The standard InChI is InChI=1S/C14H16N2O3S2/c1-18-11-4-3-9(7-12(11)19-2)5-6-15-13(17)10-8-21-14(20)16-10/h3-4,7-8H,5-6H2,1-2H3,(H,15,17)(H,16,20). The molecule has 0 aliphatic heterocycles. The van der Waals surface area contributed by atoms with Crippen molar-refractivity contribution in [3.63, 3.8) is 0 Å². The first-order valence-electron chi connectivity index (χ1n) is 6.31. The second kappa shape index (κ2) is 7.24. The summed E-state index contributed by atoms with van der Waals surface area (Å²) in [6.07, 6.45) is 0.705. The number of hydrogen-bond acceptors (Lipinski definition) is 5. The molecule has 1 heterocycles. The second-order valence-electron chi connectivity index (χ2n) is 4.26. The van der Waals surface area contributed by atoms with Crippen LogP contribution < -0.4 is 14.8 Å². The number of aromatic amines is 1. The van der Waals surface area contributed by atoms with Gasteiger partial charge in [0.05, 0.1) is 14.2 Å². The first-order chi connectivity index (χ1) is 10.1. The fraction of sp³-hybridized carbons (Fsp3) is 0.286. The lowest BCUT2D eigenvalue weighted by Crippen LogP contribution is -2.25. The van der Waals surface area contributed by atoms with Crippen LogP contribution in [0.5, 0.6) is 11.5 Å². The second-order valence-corrected chi connectivity index (χ2v) is 5.80. The summed E-state index contributed by atoms with van der Waals surface area (Å²) >= 11 is 6.29. The third-order valence-electron chi connectivity index (χ3n) is 2.91. The smallest absolute Gasteiger partial charge is 0.268 e. The molecule has 0 aliphatic carbocycles. The Morgan fingerprint density at radius 2 is 2.10 bits per heavy atom. The van der Waals surface area contributed by atoms with Gasteiger partial charge in [0.1, 0.15) is 5.69 Å². The summed E-state index contributed by atoms with van der Waals surface area (Å²) in [6, 6.07) is 5.71. The quantitative estimate of drug-likeness (QED) is 0.802. The molecule has 0 aliphatic rings. The van der Waals surface area contributed by atoms with E-state index in [-0.39, 0.29) is 5.91 Å². The summed E-state index contributed by atoms with van der Waals surface area (Å²) in [5.74, 6) is 1.22. The van der Waals surface area contributed by atoms with Gasteiger partial charge in [-0.15, -0.1) is 11.3 Å². The lowest BCUT2D eigenvalue weighted by Gasteiger charge is -2.09. The molecule has 0 fully saturated rings. The molecule has 112 valence electrons. The molecule has 1 aromatic carbocycles. The molecule has 2 rings (SSSR count). The van der Waals surface area contributed by atoms with Gasteiger partial charge in [-0.1, -0.05) is 6.07 Å². The average molecular weight is 324 g/mol. The number of ether oxygens (including phenoxy) is 2. The number of carbonyl (C=O) groups excluding carboxylic acids is 1. The summed E-state index contributed by atoms with van der Waals surface area (Å²) in [5.41, 5.74) is 1.56. The Hall–Kier alpha value is -1.86. The van der Waals surface area contributed by atoms with E-state index in [1.807, 2.05) is 18.2 Å². The maximum Gasteiger partial charge on any atom is 0.268 e. The predicted molar refractivity (Wildman–Crippen MR) is 85.1 cm³/mol. The van der Waals surface area contributed by atoms with E-state index in [1.165, 1.54) is 11.3 Å². The minimum Gasteiger partial charge on any atom is -0.493 e. The van der Waals surface area contributed by atoms with Gasteiger partial charge < -0.3 is 19.8 Å². The van der Waals surface area contributed by atoms with Gasteiger partial charge in [0.15, 0.2) is 15.5 Å². The van der Waals surface area contributed by atoms with Gasteiger partial charge in [-0.2, -0.15) is 0 Å². The van der Waals surface area contributed by atoms with Crippen molar-refractivity contribution in [2.24, 2.45) is 0 Å². The van der Waals surface area contributed by atoms with Crippen molar-refractivity contribution in [3.8, 4) is 11.5 Å². The monoisotopic (exact) mass is 324 g/mol. The van der Waals surface area contributed by atoms with Crippen LogP contribution in [0.15, 0.2) is 23.6 Å². The number of amides is 1. The Labute approximate surface area is 131 Å². The maximum absolute atomic E-state index is 11.8. The van der Waals surface area contributed by atoms with E-state index in [0.717, 1.165) is 5.56 Å². The van der Waals surface area contributed by atoms with Crippen molar-refractivity contribution in [1.29, 1.82) is 0 Å². The van der Waals surface area contributed by atoms with E-state index in [9.17, 15) is 4.79 Å². The van der Waals surface area contributed by atoms with Crippen LogP contribution >= 0.6 is 23.6 Å². The van der Waals surface area contributed by atoms with Crippen LogP contribution in [0.4, 0.5) is 0 Å². The molecular weight excluding hydrogens is 308 g/mol. The predicted octanol–water partition coefficient (Wildman–Crippen LogP) is 2.80. The highest BCUT2D eigenvalue weighted by atomic mass is 32.1. The third kappa shape index (κ3) is 4.05. The van der Waals surface area contributed by atoms with Crippen LogP contribution in [-0.4, -0.2) is 31.7 Å². The molecule has 5 nitrogen and oxygen atoms in total. The average Bonchev–Trinajstić information content (AvgIpc) is 2.93. The Morgan fingerprint density at radius 3 is 2.71 bits per heavy atom. The van der Waals surface area contributed by atoms with Crippen molar-refractivity contribution in [1.82, 2.24) is 10.3 Å². The molecule has 0 saturated heterocycles. The molecular formula is C14H16N2O3S2. The summed E-state index contributed by atoms with van der Waals surface area (Å²) in [6.45, 7) is 0.533. The van der Waals surface area contributed by atoms with Crippen molar-refractivity contribution < 1.29 is 14.3 Å². The normalized spacial score (nSPS) is 10.2. The molecule has 0 bridgehead atoms. The van der Waals surface area contributed by atoms with Gasteiger partial charge in [0.2, 0.25) is 0 Å². The SMILES string of the molecule is COc1ccc(CCNC(=O)c2csc(=S)[nH]2)cc1OC. The molecule has 0 atom stereocenters. The van der Waals surface area contributed by atoms with Gasteiger partial charge in [-0.25, -0.2) is 0 Å². The Balaban J connectivity index is 1.91. The van der Waals surface area contributed by atoms with E-state index in [0.29, 0.717) is 34.1 Å². The van der Waals surface area contributed by atoms with Crippen LogP contribution in [0.2, 0.25) is 0 Å². The molecule has 2 N–H and O–H groups in total. The zero-order valence-electron chi connectivity index (χ0n) is 11.8. The Morgan fingerprint density at radius 1 is 1.33 bits per heavy atom. The molecule has 0 saturated carbocycles. The number of carbonyl (C=O) groups is 1. The number of H-pyrrole nitrogens is 1. The highest BCUT2D eigenvalue weighted by Crippen LogP contribution is 2.27. The van der Waals surface area contributed by atoms with E-state index in [2.05, 4.69) is 10.3 Å². The largest absolute Gasteiger partial charge is 0.493 e. The van der Waals surface area contributed by atoms with Gasteiger partial charge in [0.25, 0.3) is 5.91 Å².